The van der Waals surface area contributed by atoms with Crippen LogP contribution in [0.25, 0.3) is 0 Å². The quantitative estimate of drug-likeness (QED) is 0.784. The standard InChI is InChI=1S/C18H19FN2O3/c1-21(11-13-3-5-14(6-4-13)18(23)24-2)12-17(22)20-16-9-7-15(19)8-10-16/h3-10H,11-12H2,1-2H3,(H,20,22)/p+1. The number of carbonyl (C=O) groups excluding carboxylic acids is 2. The second-order valence-corrected chi connectivity index (χ2v) is 5.55. The highest BCUT2D eigenvalue weighted by Crippen LogP contribution is 2.07. The Balaban J connectivity index is 1.85. The number of ether oxygens (including phenoxy) is 1. The summed E-state index contributed by atoms with van der Waals surface area (Å²) in [5.41, 5.74) is 2.07. The van der Waals surface area contributed by atoms with Crippen molar-refractivity contribution in [2.24, 2.45) is 0 Å². The van der Waals surface area contributed by atoms with E-state index in [1.165, 1.54) is 31.4 Å². The molecule has 0 fully saturated rings. The van der Waals surface area contributed by atoms with Crippen molar-refractivity contribution in [2.75, 3.05) is 26.0 Å². The molecule has 0 saturated carbocycles. The zero-order chi connectivity index (χ0) is 17.5. The van der Waals surface area contributed by atoms with Crippen LogP contribution in [-0.2, 0) is 16.1 Å². The first-order chi connectivity index (χ1) is 11.5. The van der Waals surface area contributed by atoms with Crippen molar-refractivity contribution < 1.29 is 23.6 Å². The van der Waals surface area contributed by atoms with Crippen LogP contribution in [0.1, 0.15) is 15.9 Å². The largest absolute Gasteiger partial charge is 0.465 e. The van der Waals surface area contributed by atoms with Crippen LogP contribution in [-0.4, -0.2) is 32.6 Å². The van der Waals surface area contributed by atoms with Gasteiger partial charge in [-0.05, 0) is 36.4 Å². The topological polar surface area (TPSA) is 59.8 Å². The van der Waals surface area contributed by atoms with Crippen LogP contribution in [0.4, 0.5) is 10.1 Å². The summed E-state index contributed by atoms with van der Waals surface area (Å²) in [6.07, 6.45) is 0. The van der Waals surface area contributed by atoms with E-state index in [-0.39, 0.29) is 24.2 Å². The predicted octanol–water partition coefficient (Wildman–Crippen LogP) is 1.27. The average molecular weight is 331 g/mol. The molecule has 1 atom stereocenters. The van der Waals surface area contributed by atoms with Crippen LogP contribution in [0.5, 0.6) is 0 Å². The fourth-order valence-electron chi connectivity index (χ4n) is 2.30. The highest BCUT2D eigenvalue weighted by atomic mass is 19.1. The first kappa shape index (κ1) is 17.6. The van der Waals surface area contributed by atoms with Crippen molar-refractivity contribution in [3.8, 4) is 0 Å². The molecule has 0 heterocycles. The Morgan fingerprint density at radius 1 is 1.08 bits per heavy atom. The normalized spacial score (nSPS) is 11.6. The molecular formula is C18H20FN2O3+. The van der Waals surface area contributed by atoms with Gasteiger partial charge in [0, 0.05) is 11.3 Å². The molecule has 1 unspecified atom stereocenters. The molecule has 0 saturated heterocycles. The summed E-state index contributed by atoms with van der Waals surface area (Å²) in [6.45, 7) is 0.911. The maximum atomic E-state index is 12.8. The number of methoxy groups -OCH3 is 1. The van der Waals surface area contributed by atoms with Crippen molar-refractivity contribution in [2.45, 2.75) is 6.54 Å². The average Bonchev–Trinajstić information content (AvgIpc) is 2.56. The van der Waals surface area contributed by atoms with E-state index >= 15 is 0 Å². The second-order valence-electron chi connectivity index (χ2n) is 5.55. The van der Waals surface area contributed by atoms with Crippen LogP contribution >= 0.6 is 0 Å². The van der Waals surface area contributed by atoms with Crippen LogP contribution in [0.15, 0.2) is 48.5 Å². The third-order valence-corrected chi connectivity index (χ3v) is 3.47. The Kier molecular flexibility index (Phi) is 6.03. The Morgan fingerprint density at radius 3 is 2.29 bits per heavy atom. The van der Waals surface area contributed by atoms with Crippen molar-refractivity contribution in [1.29, 1.82) is 0 Å². The van der Waals surface area contributed by atoms with Gasteiger partial charge in [-0.1, -0.05) is 12.1 Å². The fraction of sp³-hybridized carbons (Fsp3) is 0.222. The summed E-state index contributed by atoms with van der Waals surface area (Å²) in [5, 5.41) is 2.73. The number of anilines is 1. The van der Waals surface area contributed by atoms with Gasteiger partial charge in [0.05, 0.1) is 19.7 Å². The summed E-state index contributed by atoms with van der Waals surface area (Å²) < 4.78 is 17.5. The number of carbonyl (C=O) groups is 2. The van der Waals surface area contributed by atoms with E-state index in [0.29, 0.717) is 17.8 Å². The maximum absolute atomic E-state index is 12.8. The minimum atomic E-state index is -0.374. The first-order valence-electron chi connectivity index (χ1n) is 7.52. The van der Waals surface area contributed by atoms with Crippen LogP contribution in [0, 0.1) is 5.82 Å². The highest BCUT2D eigenvalue weighted by Gasteiger charge is 2.12. The molecule has 0 bridgehead atoms. The van der Waals surface area contributed by atoms with Gasteiger partial charge in [-0.2, -0.15) is 0 Å². The summed E-state index contributed by atoms with van der Waals surface area (Å²) in [7, 11) is 3.24. The molecule has 0 radical (unpaired) electrons. The number of halogens is 1. The molecule has 2 rings (SSSR count). The predicted molar refractivity (Wildman–Crippen MR) is 88.3 cm³/mol. The molecule has 0 aliphatic rings. The number of nitrogens with one attached hydrogen (secondary N) is 2. The van der Waals surface area contributed by atoms with E-state index < -0.39 is 0 Å². The van der Waals surface area contributed by atoms with Gasteiger partial charge in [0.15, 0.2) is 6.54 Å². The van der Waals surface area contributed by atoms with Gasteiger partial charge in [0.2, 0.25) is 0 Å². The molecule has 0 spiro atoms. The summed E-state index contributed by atoms with van der Waals surface area (Å²) in [6, 6.07) is 12.7. The first-order valence-corrected chi connectivity index (χ1v) is 7.52. The molecular weight excluding hydrogens is 311 g/mol. The molecule has 5 nitrogen and oxygen atoms in total. The van der Waals surface area contributed by atoms with E-state index in [1.54, 1.807) is 12.1 Å². The van der Waals surface area contributed by atoms with Gasteiger partial charge in [0.25, 0.3) is 5.91 Å². The molecule has 0 aliphatic carbocycles. The lowest BCUT2D eigenvalue weighted by Crippen LogP contribution is -3.08. The number of rotatable bonds is 6. The minimum Gasteiger partial charge on any atom is -0.465 e. The molecule has 6 heteroatoms. The molecule has 0 aliphatic heterocycles. The Bertz CT molecular complexity index is 699. The molecule has 126 valence electrons. The van der Waals surface area contributed by atoms with E-state index in [0.717, 1.165) is 10.5 Å². The molecule has 2 aromatic carbocycles. The van der Waals surface area contributed by atoms with Crippen LogP contribution in [0.3, 0.4) is 0 Å². The zero-order valence-electron chi connectivity index (χ0n) is 13.6. The van der Waals surface area contributed by atoms with Crippen LogP contribution < -0.4 is 10.2 Å². The molecule has 2 aromatic rings. The Morgan fingerprint density at radius 2 is 1.71 bits per heavy atom. The number of esters is 1. The minimum absolute atomic E-state index is 0.148. The van der Waals surface area contributed by atoms with Crippen molar-refractivity contribution >= 4 is 17.6 Å². The van der Waals surface area contributed by atoms with E-state index in [9.17, 15) is 14.0 Å². The SMILES string of the molecule is COC(=O)c1ccc(C[NH+](C)CC(=O)Nc2ccc(F)cc2)cc1. The monoisotopic (exact) mass is 331 g/mol. The Hall–Kier alpha value is -2.73. The second kappa shape index (κ2) is 8.21. The van der Waals surface area contributed by atoms with Gasteiger partial charge in [-0.15, -0.1) is 0 Å². The molecule has 0 aromatic heterocycles. The number of benzene rings is 2. The number of hydrogen-bond donors (Lipinski definition) is 2. The highest BCUT2D eigenvalue weighted by molar-refractivity contribution is 5.91. The van der Waals surface area contributed by atoms with E-state index in [2.05, 4.69) is 10.1 Å². The maximum Gasteiger partial charge on any atom is 0.337 e. The summed E-state index contributed by atoms with van der Waals surface area (Å²) in [5.74, 6) is -0.864. The summed E-state index contributed by atoms with van der Waals surface area (Å²) >= 11 is 0. The fourth-order valence-corrected chi connectivity index (χ4v) is 2.30. The number of hydrogen-bond acceptors (Lipinski definition) is 3. The van der Waals surface area contributed by atoms with E-state index in [1.807, 2.05) is 19.2 Å². The smallest absolute Gasteiger partial charge is 0.337 e. The van der Waals surface area contributed by atoms with Crippen molar-refractivity contribution in [1.82, 2.24) is 0 Å². The number of quaternary nitrogens is 1. The van der Waals surface area contributed by atoms with Gasteiger partial charge in [-0.3, -0.25) is 4.79 Å². The van der Waals surface area contributed by atoms with Crippen molar-refractivity contribution in [3.05, 3.63) is 65.5 Å². The zero-order valence-corrected chi connectivity index (χ0v) is 13.6. The molecule has 2 N–H and O–H groups in total. The Labute approximate surface area is 140 Å². The van der Waals surface area contributed by atoms with Gasteiger partial charge in [0.1, 0.15) is 12.4 Å². The molecule has 1 amide bonds. The van der Waals surface area contributed by atoms with Gasteiger partial charge < -0.3 is 15.0 Å². The lowest BCUT2D eigenvalue weighted by atomic mass is 10.1. The van der Waals surface area contributed by atoms with Crippen LogP contribution in [0.2, 0.25) is 0 Å². The number of amides is 1. The van der Waals surface area contributed by atoms with E-state index in [4.69, 9.17) is 0 Å². The molecule has 24 heavy (non-hydrogen) atoms. The van der Waals surface area contributed by atoms with Crippen molar-refractivity contribution in [3.63, 3.8) is 0 Å². The van der Waals surface area contributed by atoms with Gasteiger partial charge in [-0.25, -0.2) is 9.18 Å². The lowest BCUT2D eigenvalue weighted by Gasteiger charge is -2.14. The van der Waals surface area contributed by atoms with Gasteiger partial charge >= 0.3 is 5.97 Å². The lowest BCUT2D eigenvalue weighted by molar-refractivity contribution is -0.885. The third kappa shape index (κ3) is 5.17. The summed E-state index contributed by atoms with van der Waals surface area (Å²) in [4.78, 5) is 24.4. The number of likely N-dealkylation sites (N-methyl/N-ethyl adjacent to an activating group) is 1. The third-order valence-electron chi connectivity index (χ3n) is 3.47.